The summed E-state index contributed by atoms with van der Waals surface area (Å²) in [5.41, 5.74) is 6.50. The highest BCUT2D eigenvalue weighted by Gasteiger charge is 2.41. The highest BCUT2D eigenvalue weighted by molar-refractivity contribution is 4.99. The van der Waals surface area contributed by atoms with Crippen LogP contribution in [0, 0.1) is 0 Å². The normalized spacial score (nSPS) is 33.6. The van der Waals surface area contributed by atoms with Crippen molar-refractivity contribution in [1.82, 2.24) is 9.80 Å². The number of hydrogen-bond acceptors (Lipinski definition) is 4. The van der Waals surface area contributed by atoms with Crippen molar-refractivity contribution in [2.75, 3.05) is 45.9 Å². The van der Waals surface area contributed by atoms with Gasteiger partial charge in [0.2, 0.25) is 0 Å². The molecule has 2 aliphatic heterocycles. The van der Waals surface area contributed by atoms with E-state index in [0.717, 1.165) is 38.9 Å². The van der Waals surface area contributed by atoms with Gasteiger partial charge in [0, 0.05) is 44.3 Å². The molecular weight excluding hydrogens is 238 g/mol. The molecule has 2 saturated heterocycles. The Morgan fingerprint density at radius 2 is 1.79 bits per heavy atom. The first-order valence-corrected chi connectivity index (χ1v) is 8.11. The summed E-state index contributed by atoms with van der Waals surface area (Å²) in [6, 6.07) is 0.745. The Hall–Kier alpha value is -0.160. The summed E-state index contributed by atoms with van der Waals surface area (Å²) in [6.45, 7) is 7.40. The van der Waals surface area contributed by atoms with Crippen LogP contribution in [0.15, 0.2) is 0 Å². The molecule has 2 heterocycles. The highest BCUT2D eigenvalue weighted by Crippen LogP contribution is 2.36. The van der Waals surface area contributed by atoms with Crippen LogP contribution < -0.4 is 5.73 Å². The van der Waals surface area contributed by atoms with Crippen molar-refractivity contribution in [2.45, 2.75) is 50.1 Å². The predicted octanol–water partition coefficient (Wildman–Crippen LogP) is 1.05. The van der Waals surface area contributed by atoms with Gasteiger partial charge in [-0.25, -0.2) is 0 Å². The molecule has 19 heavy (non-hydrogen) atoms. The van der Waals surface area contributed by atoms with Gasteiger partial charge in [-0.05, 0) is 19.3 Å². The molecule has 110 valence electrons. The lowest BCUT2D eigenvalue weighted by atomic mass is 9.80. The van der Waals surface area contributed by atoms with Crippen LogP contribution >= 0.6 is 0 Å². The van der Waals surface area contributed by atoms with Crippen LogP contribution in [0.5, 0.6) is 0 Å². The Kier molecular flexibility index (Phi) is 4.42. The number of rotatable bonds is 3. The van der Waals surface area contributed by atoms with E-state index < -0.39 is 0 Å². The van der Waals surface area contributed by atoms with E-state index in [1.165, 1.54) is 51.6 Å². The molecule has 1 atom stereocenters. The van der Waals surface area contributed by atoms with E-state index in [4.69, 9.17) is 10.5 Å². The Morgan fingerprint density at radius 3 is 2.47 bits per heavy atom. The van der Waals surface area contributed by atoms with Crippen molar-refractivity contribution in [1.29, 1.82) is 0 Å². The molecule has 0 spiro atoms. The third-order valence-corrected chi connectivity index (χ3v) is 5.56. The predicted molar refractivity (Wildman–Crippen MR) is 77.2 cm³/mol. The number of morpholine rings is 1. The molecule has 3 fully saturated rings. The van der Waals surface area contributed by atoms with E-state index >= 15 is 0 Å². The molecule has 0 amide bonds. The fourth-order valence-corrected chi connectivity index (χ4v) is 4.27. The van der Waals surface area contributed by atoms with Crippen molar-refractivity contribution in [2.24, 2.45) is 5.73 Å². The largest absolute Gasteiger partial charge is 0.379 e. The van der Waals surface area contributed by atoms with Crippen LogP contribution in [0.3, 0.4) is 0 Å². The summed E-state index contributed by atoms with van der Waals surface area (Å²) in [5, 5.41) is 0. The average Bonchev–Trinajstić information content (AvgIpc) is 2.99. The quantitative estimate of drug-likeness (QED) is 0.830. The SMILES string of the molecule is NCC1(N2CCC(N3CCOCC3)C2)CCCCC1. The van der Waals surface area contributed by atoms with Gasteiger partial charge in [-0.1, -0.05) is 19.3 Å². The third kappa shape index (κ3) is 2.82. The number of ether oxygens (including phenoxy) is 1. The van der Waals surface area contributed by atoms with Gasteiger partial charge in [-0.2, -0.15) is 0 Å². The van der Waals surface area contributed by atoms with E-state index in [1.54, 1.807) is 0 Å². The Labute approximate surface area is 117 Å². The van der Waals surface area contributed by atoms with E-state index in [2.05, 4.69) is 9.80 Å². The second-order valence-corrected chi connectivity index (χ2v) is 6.53. The highest BCUT2D eigenvalue weighted by atomic mass is 16.5. The summed E-state index contributed by atoms with van der Waals surface area (Å²) in [7, 11) is 0. The summed E-state index contributed by atoms with van der Waals surface area (Å²) < 4.78 is 5.47. The van der Waals surface area contributed by atoms with E-state index in [0.29, 0.717) is 5.54 Å². The monoisotopic (exact) mass is 267 g/mol. The average molecular weight is 267 g/mol. The summed E-state index contributed by atoms with van der Waals surface area (Å²) in [4.78, 5) is 5.36. The zero-order valence-corrected chi connectivity index (χ0v) is 12.1. The molecule has 0 aromatic rings. The van der Waals surface area contributed by atoms with Crippen LogP contribution in [-0.2, 0) is 4.74 Å². The first kappa shape index (κ1) is 13.8. The molecule has 2 N–H and O–H groups in total. The molecule has 3 rings (SSSR count). The van der Waals surface area contributed by atoms with Gasteiger partial charge >= 0.3 is 0 Å². The number of likely N-dealkylation sites (tertiary alicyclic amines) is 1. The maximum absolute atomic E-state index is 6.17. The minimum atomic E-state index is 0.333. The zero-order chi connectivity index (χ0) is 13.1. The Bertz CT molecular complexity index is 285. The molecular formula is C15H29N3O. The van der Waals surface area contributed by atoms with Gasteiger partial charge in [-0.15, -0.1) is 0 Å². The van der Waals surface area contributed by atoms with Gasteiger partial charge in [-0.3, -0.25) is 9.80 Å². The molecule has 0 aromatic heterocycles. The molecule has 1 unspecified atom stereocenters. The third-order valence-electron chi connectivity index (χ3n) is 5.56. The van der Waals surface area contributed by atoms with Crippen LogP contribution in [-0.4, -0.2) is 67.3 Å². The molecule has 4 heteroatoms. The standard InChI is InChI=1S/C15H29N3O/c16-13-15(5-2-1-3-6-15)18-7-4-14(12-18)17-8-10-19-11-9-17/h14H,1-13,16H2. The van der Waals surface area contributed by atoms with Gasteiger partial charge in [0.25, 0.3) is 0 Å². The van der Waals surface area contributed by atoms with Crippen molar-refractivity contribution >= 4 is 0 Å². The van der Waals surface area contributed by atoms with Crippen molar-refractivity contribution in [3.63, 3.8) is 0 Å². The maximum atomic E-state index is 6.17. The van der Waals surface area contributed by atoms with Gasteiger partial charge < -0.3 is 10.5 Å². The fourth-order valence-electron chi connectivity index (χ4n) is 4.27. The van der Waals surface area contributed by atoms with Crippen molar-refractivity contribution in [3.8, 4) is 0 Å². The smallest absolute Gasteiger partial charge is 0.0594 e. The molecule has 1 saturated carbocycles. The van der Waals surface area contributed by atoms with Crippen LogP contribution in [0.2, 0.25) is 0 Å². The minimum absolute atomic E-state index is 0.333. The lowest BCUT2D eigenvalue weighted by Crippen LogP contribution is -2.55. The number of nitrogens with zero attached hydrogens (tertiary/aromatic N) is 2. The molecule has 0 aromatic carbocycles. The van der Waals surface area contributed by atoms with Crippen LogP contribution in [0.25, 0.3) is 0 Å². The molecule has 4 nitrogen and oxygen atoms in total. The number of nitrogens with two attached hydrogens (primary N) is 1. The zero-order valence-electron chi connectivity index (χ0n) is 12.1. The molecule has 3 aliphatic rings. The van der Waals surface area contributed by atoms with E-state index in [9.17, 15) is 0 Å². The summed E-state index contributed by atoms with van der Waals surface area (Å²) in [5.74, 6) is 0. The lowest BCUT2D eigenvalue weighted by molar-refractivity contribution is 0.0121. The van der Waals surface area contributed by atoms with Crippen LogP contribution in [0.4, 0.5) is 0 Å². The fraction of sp³-hybridized carbons (Fsp3) is 1.00. The van der Waals surface area contributed by atoms with Gasteiger partial charge in [0.1, 0.15) is 0 Å². The molecule has 0 radical (unpaired) electrons. The van der Waals surface area contributed by atoms with Crippen molar-refractivity contribution < 1.29 is 4.74 Å². The van der Waals surface area contributed by atoms with E-state index in [-0.39, 0.29) is 0 Å². The Balaban J connectivity index is 1.60. The lowest BCUT2D eigenvalue weighted by Gasteiger charge is -2.44. The Morgan fingerprint density at radius 1 is 1.05 bits per heavy atom. The molecule has 0 bridgehead atoms. The van der Waals surface area contributed by atoms with Crippen molar-refractivity contribution in [3.05, 3.63) is 0 Å². The van der Waals surface area contributed by atoms with Gasteiger partial charge in [0.15, 0.2) is 0 Å². The topological polar surface area (TPSA) is 41.7 Å². The summed E-state index contributed by atoms with van der Waals surface area (Å²) in [6.07, 6.45) is 8.11. The second-order valence-electron chi connectivity index (χ2n) is 6.53. The number of hydrogen-bond donors (Lipinski definition) is 1. The van der Waals surface area contributed by atoms with Gasteiger partial charge in [0.05, 0.1) is 13.2 Å². The second kappa shape index (κ2) is 6.08. The summed E-state index contributed by atoms with van der Waals surface area (Å²) >= 11 is 0. The molecule has 1 aliphatic carbocycles. The first-order valence-electron chi connectivity index (χ1n) is 8.11. The minimum Gasteiger partial charge on any atom is -0.379 e. The van der Waals surface area contributed by atoms with E-state index in [1.807, 2.05) is 0 Å². The first-order chi connectivity index (χ1) is 9.34. The van der Waals surface area contributed by atoms with Crippen LogP contribution in [0.1, 0.15) is 38.5 Å². The maximum Gasteiger partial charge on any atom is 0.0594 e.